The topological polar surface area (TPSA) is 39.4 Å². The van der Waals surface area contributed by atoms with Gasteiger partial charge >= 0.3 is 5.97 Å². The highest BCUT2D eigenvalue weighted by Gasteiger charge is 2.13. The third kappa shape index (κ3) is 3.22. The Morgan fingerprint density at radius 1 is 1.62 bits per heavy atom. The van der Waals surface area contributed by atoms with Crippen LogP contribution in [-0.4, -0.2) is 13.1 Å². The van der Waals surface area contributed by atoms with Crippen molar-refractivity contribution in [2.24, 2.45) is 0 Å². The molecular formula is C9H13BrO3. The number of hydrogen-bond acceptors (Lipinski definition) is 3. The summed E-state index contributed by atoms with van der Waals surface area (Å²) in [6, 6.07) is 1.72. The van der Waals surface area contributed by atoms with Gasteiger partial charge in [0, 0.05) is 10.9 Å². The van der Waals surface area contributed by atoms with Crippen molar-refractivity contribution in [3.05, 3.63) is 23.7 Å². The summed E-state index contributed by atoms with van der Waals surface area (Å²) in [5.74, 6) is -0.172. The first-order valence-corrected chi connectivity index (χ1v) is 5.12. The van der Waals surface area contributed by atoms with Gasteiger partial charge in [0.15, 0.2) is 0 Å². The number of rotatable bonds is 2. The number of halogens is 1. The smallest absolute Gasteiger partial charge is 0.374 e. The molecule has 1 heterocycles. The van der Waals surface area contributed by atoms with Gasteiger partial charge in [-0.05, 0) is 6.07 Å². The summed E-state index contributed by atoms with van der Waals surface area (Å²) < 4.78 is 9.39. The molecule has 0 fully saturated rings. The predicted molar refractivity (Wildman–Crippen MR) is 54.0 cm³/mol. The van der Waals surface area contributed by atoms with Crippen molar-refractivity contribution in [2.75, 3.05) is 7.11 Å². The molecule has 0 amide bonds. The van der Waals surface area contributed by atoms with Crippen LogP contribution in [0.15, 0.2) is 16.7 Å². The highest BCUT2D eigenvalue weighted by Crippen LogP contribution is 2.14. The van der Waals surface area contributed by atoms with Crippen LogP contribution in [0.4, 0.5) is 0 Å². The Labute approximate surface area is 86.2 Å². The van der Waals surface area contributed by atoms with Gasteiger partial charge in [0.1, 0.15) is 0 Å². The molecule has 0 unspecified atom stereocenters. The zero-order valence-electron chi connectivity index (χ0n) is 7.96. The van der Waals surface area contributed by atoms with Crippen molar-refractivity contribution >= 4 is 21.9 Å². The summed E-state index contributed by atoms with van der Waals surface area (Å²) >= 11 is 3.22. The summed E-state index contributed by atoms with van der Waals surface area (Å²) in [5.41, 5.74) is 0.803. The number of methoxy groups -OCH3 is 1. The number of carbonyl (C=O) groups excluding carboxylic acids is 1. The van der Waals surface area contributed by atoms with Crippen molar-refractivity contribution in [3.8, 4) is 0 Å². The third-order valence-corrected chi connectivity index (χ3v) is 1.87. The summed E-state index contributed by atoms with van der Waals surface area (Å²) in [6.07, 6.45) is 1.46. The molecule has 74 valence electrons. The lowest BCUT2D eigenvalue weighted by molar-refractivity contribution is 0.0564. The molecule has 4 heteroatoms. The first-order valence-electron chi connectivity index (χ1n) is 4.00. The molecule has 0 atom stereocenters. The molecule has 0 N–H and O–H groups in total. The van der Waals surface area contributed by atoms with Gasteiger partial charge in [-0.1, -0.05) is 29.8 Å². The predicted octanol–water partition coefficient (Wildman–Crippen LogP) is 2.99. The van der Waals surface area contributed by atoms with Crippen LogP contribution >= 0.6 is 15.9 Å². The summed E-state index contributed by atoms with van der Waals surface area (Å²) in [5, 5.41) is 0.591. The first kappa shape index (κ1) is 12.2. The minimum atomic E-state index is -0.440. The van der Waals surface area contributed by atoms with Crippen LogP contribution in [0.25, 0.3) is 0 Å². The van der Waals surface area contributed by atoms with E-state index in [4.69, 9.17) is 4.42 Å². The highest BCUT2D eigenvalue weighted by molar-refractivity contribution is 9.08. The zero-order valence-corrected chi connectivity index (χ0v) is 9.55. The Morgan fingerprint density at radius 2 is 2.23 bits per heavy atom. The van der Waals surface area contributed by atoms with E-state index < -0.39 is 5.97 Å². The van der Waals surface area contributed by atoms with Gasteiger partial charge in [0.25, 0.3) is 0 Å². The van der Waals surface area contributed by atoms with Gasteiger partial charge in [-0.3, -0.25) is 0 Å². The van der Waals surface area contributed by atoms with E-state index in [1.165, 1.54) is 13.4 Å². The van der Waals surface area contributed by atoms with Crippen molar-refractivity contribution < 1.29 is 13.9 Å². The Balaban J connectivity index is 0.000000671. The SMILES string of the molecule is CC.COC(=O)c1occc1CBr. The second kappa shape index (κ2) is 6.71. The molecule has 0 radical (unpaired) electrons. The summed E-state index contributed by atoms with van der Waals surface area (Å²) in [4.78, 5) is 10.9. The second-order valence-electron chi connectivity index (χ2n) is 1.90. The van der Waals surface area contributed by atoms with E-state index in [1.54, 1.807) is 6.07 Å². The maximum atomic E-state index is 10.9. The minimum Gasteiger partial charge on any atom is -0.463 e. The Kier molecular flexibility index (Phi) is 6.32. The van der Waals surface area contributed by atoms with E-state index >= 15 is 0 Å². The van der Waals surface area contributed by atoms with Crippen LogP contribution in [0.1, 0.15) is 30.0 Å². The van der Waals surface area contributed by atoms with Crippen molar-refractivity contribution in [1.29, 1.82) is 0 Å². The van der Waals surface area contributed by atoms with Gasteiger partial charge < -0.3 is 9.15 Å². The average molecular weight is 249 g/mol. The molecule has 0 saturated heterocycles. The van der Waals surface area contributed by atoms with Gasteiger partial charge in [0.05, 0.1) is 13.4 Å². The average Bonchev–Trinajstić information content (AvgIpc) is 2.67. The second-order valence-corrected chi connectivity index (χ2v) is 2.46. The fourth-order valence-corrected chi connectivity index (χ4v) is 1.15. The van der Waals surface area contributed by atoms with E-state index in [0.29, 0.717) is 5.33 Å². The molecule has 0 aromatic carbocycles. The fourth-order valence-electron chi connectivity index (χ4n) is 0.713. The molecule has 0 saturated carbocycles. The molecule has 13 heavy (non-hydrogen) atoms. The normalized spacial score (nSPS) is 8.62. The van der Waals surface area contributed by atoms with E-state index in [1.807, 2.05) is 13.8 Å². The Hall–Kier alpha value is -0.770. The van der Waals surface area contributed by atoms with E-state index in [9.17, 15) is 4.79 Å². The van der Waals surface area contributed by atoms with Crippen molar-refractivity contribution in [1.82, 2.24) is 0 Å². The lowest BCUT2D eigenvalue weighted by Gasteiger charge is -1.95. The van der Waals surface area contributed by atoms with Crippen LogP contribution in [0.2, 0.25) is 0 Å². The summed E-state index contributed by atoms with van der Waals surface area (Å²) in [6.45, 7) is 4.00. The lowest BCUT2D eigenvalue weighted by atomic mass is 10.3. The molecule has 1 aromatic rings. The molecule has 0 aliphatic rings. The monoisotopic (exact) mass is 248 g/mol. The van der Waals surface area contributed by atoms with Gasteiger partial charge in [-0.15, -0.1) is 0 Å². The molecule has 3 nitrogen and oxygen atoms in total. The van der Waals surface area contributed by atoms with E-state index in [2.05, 4.69) is 20.7 Å². The number of carbonyl (C=O) groups is 1. The number of ether oxygens (including phenoxy) is 1. The van der Waals surface area contributed by atoms with Crippen LogP contribution < -0.4 is 0 Å². The van der Waals surface area contributed by atoms with Gasteiger partial charge in [-0.25, -0.2) is 4.79 Å². The highest BCUT2D eigenvalue weighted by atomic mass is 79.9. The molecule has 0 bridgehead atoms. The van der Waals surface area contributed by atoms with Crippen LogP contribution in [0.5, 0.6) is 0 Å². The number of esters is 1. The Bertz CT molecular complexity index is 255. The van der Waals surface area contributed by atoms with Crippen LogP contribution in [-0.2, 0) is 10.1 Å². The maximum absolute atomic E-state index is 10.9. The third-order valence-electron chi connectivity index (χ3n) is 1.26. The zero-order chi connectivity index (χ0) is 10.3. The number of alkyl halides is 1. The standard InChI is InChI=1S/C7H7BrO3.C2H6/c1-10-7(9)6-5(4-8)2-3-11-6;1-2/h2-3H,4H2,1H3;1-2H3. The fraction of sp³-hybridized carbons (Fsp3) is 0.444. The number of furan rings is 1. The van der Waals surface area contributed by atoms with E-state index in [0.717, 1.165) is 5.56 Å². The van der Waals surface area contributed by atoms with Crippen LogP contribution in [0.3, 0.4) is 0 Å². The Morgan fingerprint density at radius 3 is 2.69 bits per heavy atom. The molecular weight excluding hydrogens is 236 g/mol. The van der Waals surface area contributed by atoms with Crippen LogP contribution in [0, 0.1) is 0 Å². The minimum absolute atomic E-state index is 0.268. The van der Waals surface area contributed by atoms with Crippen molar-refractivity contribution in [3.63, 3.8) is 0 Å². The molecule has 0 aliphatic heterocycles. The van der Waals surface area contributed by atoms with Crippen molar-refractivity contribution in [2.45, 2.75) is 19.2 Å². The quantitative estimate of drug-likeness (QED) is 0.597. The maximum Gasteiger partial charge on any atom is 0.374 e. The van der Waals surface area contributed by atoms with E-state index in [-0.39, 0.29) is 5.76 Å². The largest absolute Gasteiger partial charge is 0.463 e. The lowest BCUT2D eigenvalue weighted by Crippen LogP contribution is -2.01. The summed E-state index contributed by atoms with van der Waals surface area (Å²) in [7, 11) is 1.32. The van der Waals surface area contributed by atoms with Gasteiger partial charge in [-0.2, -0.15) is 0 Å². The molecule has 0 aliphatic carbocycles. The molecule has 1 rings (SSSR count). The first-order chi connectivity index (χ1) is 6.29. The molecule has 1 aromatic heterocycles. The van der Waals surface area contributed by atoms with Gasteiger partial charge in [0.2, 0.25) is 5.76 Å². The molecule has 0 spiro atoms. The number of hydrogen-bond donors (Lipinski definition) is 0.